The Morgan fingerprint density at radius 3 is 1.05 bits per heavy atom. The Kier molecular flexibility index (Phi) is 11.3. The molecule has 0 radical (unpaired) electrons. The number of rotatable bonds is 12. The van der Waals surface area contributed by atoms with Crippen molar-refractivity contribution >= 4 is 57.7 Å². The summed E-state index contributed by atoms with van der Waals surface area (Å²) in [6.07, 6.45) is 1.49. The Balaban J connectivity index is 1.44. The molecule has 60 heavy (non-hydrogen) atoms. The van der Waals surface area contributed by atoms with Crippen molar-refractivity contribution in [2.75, 3.05) is 23.0 Å². The van der Waals surface area contributed by atoms with Crippen LogP contribution in [0.4, 0.5) is 11.4 Å². The molecule has 2 aliphatic rings. The van der Waals surface area contributed by atoms with E-state index in [1.165, 1.54) is 24.3 Å². The highest BCUT2D eigenvalue weighted by Crippen LogP contribution is 2.45. The first-order chi connectivity index (χ1) is 27.9. The number of ether oxygens (including phenoxy) is 4. The molecule has 12 nitrogen and oxygen atoms in total. The molecule has 4 amide bonds. The van der Waals surface area contributed by atoms with Crippen LogP contribution in [0.2, 0.25) is 0 Å². The van der Waals surface area contributed by atoms with Crippen LogP contribution < -0.4 is 19.3 Å². The van der Waals surface area contributed by atoms with Crippen molar-refractivity contribution in [1.29, 1.82) is 0 Å². The van der Waals surface area contributed by atoms with Crippen LogP contribution in [0.1, 0.15) is 148 Å². The molecule has 2 aliphatic heterocycles. The summed E-state index contributed by atoms with van der Waals surface area (Å²) in [7, 11) is 0. The van der Waals surface area contributed by atoms with Crippen molar-refractivity contribution in [1.82, 2.24) is 0 Å². The summed E-state index contributed by atoms with van der Waals surface area (Å²) >= 11 is 0. The van der Waals surface area contributed by atoms with Crippen LogP contribution in [0.15, 0.2) is 60.7 Å². The van der Waals surface area contributed by atoms with Crippen molar-refractivity contribution in [3.63, 3.8) is 0 Å². The number of carbonyl (C=O) groups excluding carboxylic acids is 6. The lowest BCUT2D eigenvalue weighted by atomic mass is 9.81. The number of anilines is 2. The van der Waals surface area contributed by atoms with Crippen LogP contribution in [-0.2, 0) is 29.9 Å². The van der Waals surface area contributed by atoms with Gasteiger partial charge in [0.05, 0.1) is 11.4 Å². The lowest BCUT2D eigenvalue weighted by Crippen LogP contribution is -2.44. The van der Waals surface area contributed by atoms with E-state index in [1.54, 1.807) is 65.8 Å². The van der Waals surface area contributed by atoms with E-state index in [0.29, 0.717) is 0 Å². The van der Waals surface area contributed by atoms with Gasteiger partial charge >= 0.3 is 11.9 Å². The van der Waals surface area contributed by atoms with E-state index < -0.39 is 60.0 Å². The molecule has 2 heterocycles. The van der Waals surface area contributed by atoms with Crippen molar-refractivity contribution in [2.24, 2.45) is 0 Å². The monoisotopic (exact) mass is 818 g/mol. The van der Waals surface area contributed by atoms with Crippen molar-refractivity contribution in [2.45, 2.75) is 118 Å². The molecule has 0 aromatic heterocycles. The zero-order valence-corrected chi connectivity index (χ0v) is 36.6. The van der Waals surface area contributed by atoms with Crippen molar-refractivity contribution in [3.05, 3.63) is 94.0 Å². The summed E-state index contributed by atoms with van der Waals surface area (Å²) in [5, 5.41) is 0.363. The number of amides is 4. The average Bonchev–Trinajstić information content (AvgIpc) is 3.16. The number of imide groups is 2. The Morgan fingerprint density at radius 2 is 0.783 bits per heavy atom. The quantitative estimate of drug-likeness (QED) is 0.100. The highest BCUT2D eigenvalue weighted by atomic mass is 16.6. The number of hydrogen-bond donors (Lipinski definition) is 0. The third kappa shape index (κ3) is 8.24. The second-order valence-corrected chi connectivity index (χ2v) is 18.6. The zero-order valence-electron chi connectivity index (χ0n) is 36.6. The molecule has 0 aliphatic carbocycles. The highest BCUT2D eigenvalue weighted by Gasteiger charge is 2.43. The van der Waals surface area contributed by atoms with E-state index in [9.17, 15) is 28.8 Å². The van der Waals surface area contributed by atoms with Gasteiger partial charge in [0.25, 0.3) is 23.6 Å². The van der Waals surface area contributed by atoms with E-state index in [4.69, 9.17) is 18.9 Å². The van der Waals surface area contributed by atoms with Crippen LogP contribution >= 0.6 is 0 Å². The first-order valence-electron chi connectivity index (χ1n) is 20.2. The van der Waals surface area contributed by atoms with Gasteiger partial charge in [-0.1, -0.05) is 53.7 Å². The maximum absolute atomic E-state index is 14.6. The third-order valence-corrected chi connectivity index (χ3v) is 11.2. The Morgan fingerprint density at radius 1 is 0.483 bits per heavy atom. The fraction of sp³-hybridized carbons (Fsp3) is 0.417. The number of hydrogen-bond acceptors (Lipinski definition) is 10. The zero-order chi connectivity index (χ0) is 44.3. The van der Waals surface area contributed by atoms with E-state index >= 15 is 0 Å². The normalized spacial score (nSPS) is 14.5. The third-order valence-electron chi connectivity index (χ3n) is 11.2. The van der Waals surface area contributed by atoms with Crippen molar-refractivity contribution < 1.29 is 47.7 Å². The molecule has 0 spiro atoms. The molecule has 6 rings (SSSR count). The first kappa shape index (κ1) is 43.5. The SMILES string of the molecule is CCC(C)(C)c1ccc(OCC(=O)OC(C)(C)C)c(N2C(=O)c3ccc4c5c(ccc(c35)C2=O)C(=O)N(c2cc(C(C)(C)CC)ccc2OCC(=O)OC(C)(C)C)C4=O)c1. The topological polar surface area (TPSA) is 146 Å². The van der Waals surface area contributed by atoms with Crippen LogP contribution in [0.3, 0.4) is 0 Å². The molecule has 0 saturated carbocycles. The molecule has 0 bridgehead atoms. The maximum Gasteiger partial charge on any atom is 0.344 e. The van der Waals surface area contributed by atoms with E-state index in [2.05, 4.69) is 0 Å². The van der Waals surface area contributed by atoms with Crippen LogP contribution in [0.25, 0.3) is 10.8 Å². The predicted octanol–water partition coefficient (Wildman–Crippen LogP) is 9.26. The van der Waals surface area contributed by atoms with Gasteiger partial charge in [0.1, 0.15) is 22.7 Å². The fourth-order valence-electron chi connectivity index (χ4n) is 7.21. The van der Waals surface area contributed by atoms with Gasteiger partial charge in [0.15, 0.2) is 13.2 Å². The first-order valence-corrected chi connectivity index (χ1v) is 20.2. The lowest BCUT2D eigenvalue weighted by molar-refractivity contribution is -0.158. The molecule has 4 aromatic carbocycles. The van der Waals surface area contributed by atoms with Gasteiger partial charge in [-0.05, 0) is 125 Å². The van der Waals surface area contributed by atoms with Gasteiger partial charge in [-0.15, -0.1) is 0 Å². The average molecular weight is 819 g/mol. The Labute approximate surface area is 351 Å². The molecule has 0 atom stereocenters. The Hall–Kier alpha value is -6.04. The molecule has 316 valence electrons. The van der Waals surface area contributed by atoms with Gasteiger partial charge in [0, 0.05) is 33.0 Å². The van der Waals surface area contributed by atoms with Crippen LogP contribution in [0.5, 0.6) is 11.5 Å². The van der Waals surface area contributed by atoms with Gasteiger partial charge in [-0.25, -0.2) is 19.4 Å². The predicted molar refractivity (Wildman–Crippen MR) is 228 cm³/mol. The van der Waals surface area contributed by atoms with E-state index in [-0.39, 0.29) is 66.7 Å². The van der Waals surface area contributed by atoms with Crippen molar-refractivity contribution in [3.8, 4) is 11.5 Å². The number of nitrogens with zero attached hydrogens (tertiary/aromatic N) is 2. The fourth-order valence-corrected chi connectivity index (χ4v) is 7.21. The Bertz CT molecular complexity index is 2220. The summed E-state index contributed by atoms with van der Waals surface area (Å²) in [4.78, 5) is 86.0. The summed E-state index contributed by atoms with van der Waals surface area (Å²) in [6, 6.07) is 16.3. The second kappa shape index (κ2) is 15.5. The summed E-state index contributed by atoms with van der Waals surface area (Å²) in [5.41, 5.74) is 0.137. The summed E-state index contributed by atoms with van der Waals surface area (Å²) in [5.74, 6) is -3.80. The summed E-state index contributed by atoms with van der Waals surface area (Å²) in [6.45, 7) is 21.7. The number of esters is 2. The van der Waals surface area contributed by atoms with Gasteiger partial charge in [0.2, 0.25) is 0 Å². The van der Waals surface area contributed by atoms with Crippen LogP contribution in [-0.4, -0.2) is 60.0 Å². The van der Waals surface area contributed by atoms with E-state index in [0.717, 1.165) is 33.8 Å². The van der Waals surface area contributed by atoms with Gasteiger partial charge in [-0.2, -0.15) is 0 Å². The number of carbonyl (C=O) groups is 6. The minimum absolute atomic E-state index is 0.102. The van der Waals surface area contributed by atoms with E-state index in [1.807, 2.05) is 53.7 Å². The largest absolute Gasteiger partial charge is 0.480 e. The molecule has 0 fully saturated rings. The minimum atomic E-state index is -0.757. The summed E-state index contributed by atoms with van der Waals surface area (Å²) < 4.78 is 22.8. The van der Waals surface area contributed by atoms with Gasteiger partial charge in [-0.3, -0.25) is 19.2 Å². The highest BCUT2D eigenvalue weighted by molar-refractivity contribution is 6.42. The molecule has 0 unspecified atom stereocenters. The maximum atomic E-state index is 14.6. The molecule has 0 N–H and O–H groups in total. The van der Waals surface area contributed by atoms with Gasteiger partial charge < -0.3 is 18.9 Å². The minimum Gasteiger partial charge on any atom is -0.480 e. The smallest absolute Gasteiger partial charge is 0.344 e. The molecule has 12 heteroatoms. The number of benzene rings is 4. The van der Waals surface area contributed by atoms with Crippen LogP contribution in [0, 0.1) is 0 Å². The second-order valence-electron chi connectivity index (χ2n) is 18.6. The molecule has 0 saturated heterocycles. The molecular weight excluding hydrogens is 765 g/mol. The standard InChI is InChI=1S/C48H54N2O10/c1-13-47(9,10)27-15-21-35(57-25-37(51)59-45(3,4)5)33(23-27)49-41(53)29-17-19-31-40-32(20-18-30(39(29)40)42(49)54)44(56)50(43(31)55)34-24-28(48(11,12)14-2)16-22-36(34)58-26-38(52)60-46(6,7)8/h15-24H,13-14,25-26H2,1-12H3. The molecule has 4 aromatic rings. The molecular formula is C48H54N2O10. The lowest BCUT2D eigenvalue weighted by Gasteiger charge is -2.34.